The minimum absolute atomic E-state index is 0.127. The van der Waals surface area contributed by atoms with Crippen molar-refractivity contribution in [2.75, 3.05) is 10.0 Å². The normalized spacial score (nSPS) is 11.5. The van der Waals surface area contributed by atoms with Crippen molar-refractivity contribution in [3.05, 3.63) is 82.1 Å². The average Bonchev–Trinajstić information content (AvgIpc) is 3.17. The van der Waals surface area contributed by atoms with Crippen LogP contribution in [-0.4, -0.2) is 14.3 Å². The molecule has 0 saturated carbocycles. The first-order valence-electron chi connectivity index (χ1n) is 8.57. The van der Waals surface area contributed by atoms with Gasteiger partial charge in [-0.3, -0.25) is 9.52 Å². The number of aryl methyl sites for hydroxylation is 2. The van der Waals surface area contributed by atoms with E-state index in [0.717, 1.165) is 16.0 Å². The Labute approximate surface area is 168 Å². The van der Waals surface area contributed by atoms with E-state index in [1.807, 2.05) is 49.6 Å². The highest BCUT2D eigenvalue weighted by atomic mass is 32.2. The van der Waals surface area contributed by atoms with Crippen molar-refractivity contribution in [3.63, 3.8) is 0 Å². The van der Waals surface area contributed by atoms with Crippen LogP contribution in [0.25, 0.3) is 6.08 Å². The van der Waals surface area contributed by atoms with Gasteiger partial charge in [-0.05, 0) is 66.8 Å². The molecular weight excluding hydrogens is 392 g/mol. The van der Waals surface area contributed by atoms with Crippen molar-refractivity contribution >= 4 is 44.7 Å². The molecule has 144 valence electrons. The van der Waals surface area contributed by atoms with E-state index in [1.165, 1.54) is 29.5 Å². The highest BCUT2D eigenvalue weighted by Gasteiger charge is 2.16. The third kappa shape index (κ3) is 4.88. The van der Waals surface area contributed by atoms with E-state index < -0.39 is 10.0 Å². The van der Waals surface area contributed by atoms with Crippen molar-refractivity contribution in [1.29, 1.82) is 0 Å². The maximum Gasteiger partial charge on any atom is 0.261 e. The first-order valence-corrected chi connectivity index (χ1v) is 10.9. The maximum atomic E-state index is 12.7. The smallest absolute Gasteiger partial charge is 0.261 e. The van der Waals surface area contributed by atoms with E-state index in [0.29, 0.717) is 11.4 Å². The summed E-state index contributed by atoms with van der Waals surface area (Å²) in [6.07, 6.45) is 3.17. The lowest BCUT2D eigenvalue weighted by molar-refractivity contribution is -0.111. The minimum atomic E-state index is -3.72. The summed E-state index contributed by atoms with van der Waals surface area (Å²) in [4.78, 5) is 13.1. The average molecular weight is 413 g/mol. The molecule has 0 aliphatic heterocycles. The van der Waals surface area contributed by atoms with E-state index >= 15 is 0 Å². The van der Waals surface area contributed by atoms with Gasteiger partial charge in [-0.1, -0.05) is 24.3 Å². The van der Waals surface area contributed by atoms with Crippen molar-refractivity contribution < 1.29 is 13.2 Å². The Balaban J connectivity index is 1.70. The number of anilines is 2. The maximum absolute atomic E-state index is 12.7. The SMILES string of the molecule is Cc1cccc(C)c1NS(=O)(=O)c1ccc(NC(=O)/C=C/c2cccs2)cc1. The predicted molar refractivity (Wildman–Crippen MR) is 115 cm³/mol. The Morgan fingerprint density at radius 1 is 0.964 bits per heavy atom. The molecule has 1 aromatic heterocycles. The number of rotatable bonds is 6. The van der Waals surface area contributed by atoms with Crippen LogP contribution in [0.15, 0.2) is 70.9 Å². The third-order valence-corrected chi connectivity index (χ3v) is 6.30. The van der Waals surface area contributed by atoms with Crippen molar-refractivity contribution in [3.8, 4) is 0 Å². The van der Waals surface area contributed by atoms with Crippen LogP contribution >= 0.6 is 11.3 Å². The summed E-state index contributed by atoms with van der Waals surface area (Å²) in [5.74, 6) is -0.280. The van der Waals surface area contributed by atoms with Crippen molar-refractivity contribution in [1.82, 2.24) is 0 Å². The summed E-state index contributed by atoms with van der Waals surface area (Å²) in [6.45, 7) is 3.71. The summed E-state index contributed by atoms with van der Waals surface area (Å²) >= 11 is 1.54. The van der Waals surface area contributed by atoms with Crippen molar-refractivity contribution in [2.24, 2.45) is 0 Å². The molecule has 2 N–H and O–H groups in total. The third-order valence-electron chi connectivity index (χ3n) is 4.09. The standard InChI is InChI=1S/C21H20N2O3S2/c1-15-5-3-6-16(2)21(15)23-28(25,26)19-11-8-17(9-12-19)22-20(24)13-10-18-7-4-14-27-18/h3-14,23H,1-2H3,(H,22,24)/b13-10+. The van der Waals surface area contributed by atoms with Crippen LogP contribution in [0.4, 0.5) is 11.4 Å². The van der Waals surface area contributed by atoms with Gasteiger partial charge in [0.25, 0.3) is 10.0 Å². The zero-order valence-electron chi connectivity index (χ0n) is 15.5. The number of para-hydroxylation sites is 1. The van der Waals surface area contributed by atoms with E-state index in [9.17, 15) is 13.2 Å². The van der Waals surface area contributed by atoms with Gasteiger partial charge in [-0.25, -0.2) is 8.42 Å². The van der Waals surface area contributed by atoms with Crippen LogP contribution < -0.4 is 10.0 Å². The number of amides is 1. The molecule has 28 heavy (non-hydrogen) atoms. The summed E-state index contributed by atoms with van der Waals surface area (Å²) in [7, 11) is -3.72. The number of benzene rings is 2. The molecule has 0 saturated heterocycles. The fraction of sp³-hybridized carbons (Fsp3) is 0.0952. The first kappa shape index (κ1) is 19.9. The Morgan fingerprint density at radius 2 is 1.64 bits per heavy atom. The molecule has 0 aliphatic rings. The molecule has 0 radical (unpaired) electrons. The minimum Gasteiger partial charge on any atom is -0.323 e. The number of hydrogen-bond donors (Lipinski definition) is 2. The number of nitrogens with one attached hydrogen (secondary N) is 2. The lowest BCUT2D eigenvalue weighted by Gasteiger charge is -2.13. The molecular formula is C21H20N2O3S2. The van der Waals surface area contributed by atoms with Gasteiger partial charge in [-0.15, -0.1) is 11.3 Å². The van der Waals surface area contributed by atoms with Crippen LogP contribution in [0.1, 0.15) is 16.0 Å². The van der Waals surface area contributed by atoms with Gasteiger partial charge in [0.15, 0.2) is 0 Å². The van der Waals surface area contributed by atoms with Gasteiger partial charge in [0.1, 0.15) is 0 Å². The molecule has 1 amide bonds. The molecule has 1 heterocycles. The van der Waals surface area contributed by atoms with Gasteiger partial charge in [-0.2, -0.15) is 0 Å². The van der Waals surface area contributed by atoms with Crippen LogP contribution in [0.3, 0.4) is 0 Å². The zero-order chi connectivity index (χ0) is 20.1. The summed E-state index contributed by atoms with van der Waals surface area (Å²) in [5.41, 5.74) is 2.81. The molecule has 3 rings (SSSR count). The molecule has 0 spiro atoms. The number of carbonyl (C=O) groups excluding carboxylic acids is 1. The fourth-order valence-corrected chi connectivity index (χ4v) is 4.43. The van der Waals surface area contributed by atoms with Gasteiger partial charge in [0, 0.05) is 16.6 Å². The lowest BCUT2D eigenvalue weighted by atomic mass is 10.1. The topological polar surface area (TPSA) is 75.3 Å². The molecule has 5 nitrogen and oxygen atoms in total. The van der Waals surface area contributed by atoms with Crippen LogP contribution in [0.5, 0.6) is 0 Å². The molecule has 0 atom stereocenters. The van der Waals surface area contributed by atoms with Gasteiger partial charge >= 0.3 is 0 Å². The van der Waals surface area contributed by atoms with E-state index in [1.54, 1.807) is 18.2 Å². The first-order chi connectivity index (χ1) is 13.3. The van der Waals surface area contributed by atoms with Crippen LogP contribution in [0, 0.1) is 13.8 Å². The second kappa shape index (κ2) is 8.41. The zero-order valence-corrected chi connectivity index (χ0v) is 17.1. The second-order valence-corrected chi connectivity index (χ2v) is 8.90. The largest absolute Gasteiger partial charge is 0.323 e. The molecule has 2 aromatic carbocycles. The molecule has 0 fully saturated rings. The molecule has 7 heteroatoms. The number of carbonyl (C=O) groups is 1. The van der Waals surface area contributed by atoms with Crippen LogP contribution in [0.2, 0.25) is 0 Å². The quantitative estimate of drug-likeness (QED) is 0.570. The monoisotopic (exact) mass is 412 g/mol. The Bertz CT molecular complexity index is 1080. The summed E-state index contributed by atoms with van der Waals surface area (Å²) < 4.78 is 28.0. The second-order valence-electron chi connectivity index (χ2n) is 6.23. The van der Waals surface area contributed by atoms with Gasteiger partial charge in [0.2, 0.25) is 5.91 Å². The number of sulfonamides is 1. The summed E-state index contributed by atoms with van der Waals surface area (Å²) in [5, 5.41) is 4.65. The Hall–Kier alpha value is -2.90. The van der Waals surface area contributed by atoms with E-state index in [4.69, 9.17) is 0 Å². The van der Waals surface area contributed by atoms with Crippen molar-refractivity contribution in [2.45, 2.75) is 18.7 Å². The van der Waals surface area contributed by atoms with Gasteiger partial charge in [0.05, 0.1) is 10.6 Å². The molecule has 0 bridgehead atoms. The van der Waals surface area contributed by atoms with Gasteiger partial charge < -0.3 is 5.32 Å². The number of thiophene rings is 1. The predicted octanol–water partition coefficient (Wildman–Crippen LogP) is 4.82. The van der Waals surface area contributed by atoms with E-state index in [-0.39, 0.29) is 10.8 Å². The lowest BCUT2D eigenvalue weighted by Crippen LogP contribution is -2.15. The number of hydrogen-bond acceptors (Lipinski definition) is 4. The molecule has 0 unspecified atom stereocenters. The fourth-order valence-electron chi connectivity index (χ4n) is 2.61. The highest BCUT2D eigenvalue weighted by molar-refractivity contribution is 7.92. The molecule has 0 aliphatic carbocycles. The van der Waals surface area contributed by atoms with E-state index in [2.05, 4.69) is 10.0 Å². The Morgan fingerprint density at radius 3 is 2.25 bits per heavy atom. The van der Waals surface area contributed by atoms with Crippen LogP contribution in [-0.2, 0) is 14.8 Å². The summed E-state index contributed by atoms with van der Waals surface area (Å²) in [6, 6.07) is 15.5. The molecule has 3 aromatic rings. The Kier molecular flexibility index (Phi) is 5.96. The highest BCUT2D eigenvalue weighted by Crippen LogP contribution is 2.24.